The minimum Gasteiger partial charge on any atom is -0.487 e. The summed E-state index contributed by atoms with van der Waals surface area (Å²) in [4.78, 5) is 4.60. The van der Waals surface area contributed by atoms with Crippen LogP contribution in [-0.2, 0) is 6.61 Å². The molecular formula is C21H16Br2ClNO. The first-order valence-electron chi connectivity index (χ1n) is 7.99. The van der Waals surface area contributed by atoms with Gasteiger partial charge in [0.25, 0.3) is 0 Å². The molecule has 0 amide bonds. The largest absolute Gasteiger partial charge is 0.487 e. The van der Waals surface area contributed by atoms with Gasteiger partial charge in [0.15, 0.2) is 0 Å². The van der Waals surface area contributed by atoms with Crippen LogP contribution in [0.25, 0.3) is 0 Å². The highest BCUT2D eigenvalue weighted by atomic mass is 79.9. The normalized spacial score (nSPS) is 11.1. The van der Waals surface area contributed by atoms with Crippen LogP contribution in [-0.4, -0.2) is 6.21 Å². The second kappa shape index (κ2) is 8.85. The van der Waals surface area contributed by atoms with Crippen LogP contribution in [0.1, 0.15) is 16.7 Å². The van der Waals surface area contributed by atoms with Crippen molar-refractivity contribution in [2.75, 3.05) is 0 Å². The molecule has 0 N–H and O–H groups in total. The zero-order valence-electron chi connectivity index (χ0n) is 14.0. The molecule has 5 heteroatoms. The van der Waals surface area contributed by atoms with E-state index in [0.29, 0.717) is 11.6 Å². The monoisotopic (exact) mass is 491 g/mol. The Labute approximate surface area is 175 Å². The van der Waals surface area contributed by atoms with E-state index >= 15 is 0 Å². The lowest BCUT2D eigenvalue weighted by atomic mass is 10.2. The van der Waals surface area contributed by atoms with Crippen LogP contribution in [0.15, 0.2) is 74.6 Å². The second-order valence-electron chi connectivity index (χ2n) is 5.72. The van der Waals surface area contributed by atoms with Gasteiger partial charge in [0.2, 0.25) is 0 Å². The van der Waals surface area contributed by atoms with Crippen molar-refractivity contribution in [1.82, 2.24) is 0 Å². The highest BCUT2D eigenvalue weighted by Gasteiger charge is 2.10. The third-order valence-corrected chi connectivity index (χ3v) is 5.30. The molecule has 0 atom stereocenters. The number of hydrogen-bond acceptors (Lipinski definition) is 2. The highest BCUT2D eigenvalue weighted by Crippen LogP contribution is 2.33. The Kier molecular flexibility index (Phi) is 6.52. The number of ether oxygens (including phenoxy) is 1. The SMILES string of the molecule is Cc1c(Cl)cccc1N=Cc1cc(Br)cc(Br)c1OCc1ccccc1. The molecule has 0 fully saturated rings. The van der Waals surface area contributed by atoms with Crippen molar-refractivity contribution >= 4 is 55.4 Å². The second-order valence-corrected chi connectivity index (χ2v) is 7.90. The summed E-state index contributed by atoms with van der Waals surface area (Å²) in [7, 11) is 0. The van der Waals surface area contributed by atoms with Gasteiger partial charge < -0.3 is 4.74 Å². The minimum atomic E-state index is 0.484. The highest BCUT2D eigenvalue weighted by molar-refractivity contribution is 9.11. The number of nitrogens with zero attached hydrogens (tertiary/aromatic N) is 1. The molecule has 3 aromatic carbocycles. The summed E-state index contributed by atoms with van der Waals surface area (Å²) in [5.74, 6) is 0.750. The van der Waals surface area contributed by atoms with E-state index in [1.165, 1.54) is 0 Å². The van der Waals surface area contributed by atoms with Gasteiger partial charge in [-0.05, 0) is 58.2 Å². The first-order chi connectivity index (χ1) is 12.5. The van der Waals surface area contributed by atoms with Gasteiger partial charge >= 0.3 is 0 Å². The maximum atomic E-state index is 6.18. The predicted molar refractivity (Wildman–Crippen MR) is 116 cm³/mol. The molecule has 0 aliphatic heterocycles. The Balaban J connectivity index is 1.90. The summed E-state index contributed by atoms with van der Waals surface area (Å²) < 4.78 is 7.88. The van der Waals surface area contributed by atoms with Crippen LogP contribution in [0, 0.1) is 6.92 Å². The molecule has 0 bridgehead atoms. The molecule has 0 aromatic heterocycles. The van der Waals surface area contributed by atoms with Crippen LogP contribution in [0.4, 0.5) is 5.69 Å². The number of benzene rings is 3. The van der Waals surface area contributed by atoms with E-state index in [9.17, 15) is 0 Å². The molecule has 3 rings (SSSR count). The van der Waals surface area contributed by atoms with Gasteiger partial charge in [-0.2, -0.15) is 0 Å². The number of aliphatic imine (C=N–C) groups is 1. The average Bonchev–Trinajstić information content (AvgIpc) is 2.63. The lowest BCUT2D eigenvalue weighted by molar-refractivity contribution is 0.304. The van der Waals surface area contributed by atoms with Gasteiger partial charge in [0.1, 0.15) is 12.4 Å². The lowest BCUT2D eigenvalue weighted by Gasteiger charge is -2.12. The molecule has 0 unspecified atom stereocenters. The number of rotatable bonds is 5. The molecule has 0 aliphatic carbocycles. The summed E-state index contributed by atoms with van der Waals surface area (Å²) >= 11 is 13.3. The molecule has 0 saturated heterocycles. The van der Waals surface area contributed by atoms with Crippen LogP contribution < -0.4 is 4.74 Å². The third kappa shape index (κ3) is 4.76. The van der Waals surface area contributed by atoms with Crippen molar-refractivity contribution in [1.29, 1.82) is 0 Å². The summed E-state index contributed by atoms with van der Waals surface area (Å²) in [5, 5.41) is 0.704. The fraction of sp³-hybridized carbons (Fsp3) is 0.0952. The van der Waals surface area contributed by atoms with E-state index in [1.54, 1.807) is 6.21 Å². The number of halogens is 3. The lowest BCUT2D eigenvalue weighted by Crippen LogP contribution is -1.99. The topological polar surface area (TPSA) is 21.6 Å². The van der Waals surface area contributed by atoms with Crippen molar-refractivity contribution in [2.24, 2.45) is 4.99 Å². The molecule has 3 aromatic rings. The first-order valence-corrected chi connectivity index (χ1v) is 9.96. The van der Waals surface area contributed by atoms with Crippen LogP contribution in [0.2, 0.25) is 5.02 Å². The fourth-order valence-corrected chi connectivity index (χ4v) is 3.98. The maximum Gasteiger partial charge on any atom is 0.142 e. The Bertz CT molecular complexity index is 942. The van der Waals surface area contributed by atoms with Crippen LogP contribution in [0.3, 0.4) is 0 Å². The Morgan fingerprint density at radius 1 is 1.04 bits per heavy atom. The average molecular weight is 494 g/mol. The van der Waals surface area contributed by atoms with Gasteiger partial charge in [-0.15, -0.1) is 0 Å². The zero-order valence-corrected chi connectivity index (χ0v) is 18.0. The summed E-state index contributed by atoms with van der Waals surface area (Å²) in [5.41, 5.74) is 3.77. The molecule has 2 nitrogen and oxygen atoms in total. The molecule has 26 heavy (non-hydrogen) atoms. The molecule has 0 radical (unpaired) electrons. The molecule has 0 heterocycles. The smallest absolute Gasteiger partial charge is 0.142 e. The Morgan fingerprint density at radius 2 is 1.81 bits per heavy atom. The van der Waals surface area contributed by atoms with Crippen molar-refractivity contribution in [3.05, 3.63) is 91.3 Å². The standard InChI is InChI=1S/C21H16Br2ClNO/c1-14-19(24)8-5-9-20(14)25-12-16-10-17(22)11-18(23)21(16)26-13-15-6-3-2-4-7-15/h2-12H,13H2,1H3. The van der Waals surface area contributed by atoms with E-state index in [-0.39, 0.29) is 0 Å². The summed E-state index contributed by atoms with van der Waals surface area (Å²) in [6, 6.07) is 19.7. The van der Waals surface area contributed by atoms with Crippen molar-refractivity contribution in [3.63, 3.8) is 0 Å². The predicted octanol–water partition coefficient (Wildman–Crippen LogP) is 7.50. The summed E-state index contributed by atoms with van der Waals surface area (Å²) in [6.45, 7) is 2.44. The molecule has 0 spiro atoms. The van der Waals surface area contributed by atoms with Crippen molar-refractivity contribution < 1.29 is 4.74 Å². The third-order valence-electron chi connectivity index (χ3n) is 3.84. The Morgan fingerprint density at radius 3 is 2.58 bits per heavy atom. The summed E-state index contributed by atoms with van der Waals surface area (Å²) in [6.07, 6.45) is 1.80. The van der Waals surface area contributed by atoms with Gasteiger partial charge in [0, 0.05) is 21.3 Å². The molecule has 0 saturated carbocycles. The maximum absolute atomic E-state index is 6.18. The van der Waals surface area contributed by atoms with Crippen LogP contribution in [0.5, 0.6) is 5.75 Å². The molecule has 132 valence electrons. The quantitative estimate of drug-likeness (QED) is 0.337. The van der Waals surface area contributed by atoms with Gasteiger partial charge in [-0.1, -0.05) is 63.9 Å². The molecular weight excluding hydrogens is 477 g/mol. The van der Waals surface area contributed by atoms with Crippen molar-refractivity contribution in [3.8, 4) is 5.75 Å². The Hall–Kier alpha value is -1.62. The van der Waals surface area contributed by atoms with E-state index in [1.807, 2.05) is 67.6 Å². The fourth-order valence-electron chi connectivity index (χ4n) is 2.43. The zero-order chi connectivity index (χ0) is 18.5. The minimum absolute atomic E-state index is 0.484. The van der Waals surface area contributed by atoms with E-state index in [0.717, 1.165) is 37.1 Å². The van der Waals surface area contributed by atoms with Crippen molar-refractivity contribution in [2.45, 2.75) is 13.5 Å². The van der Waals surface area contributed by atoms with E-state index < -0.39 is 0 Å². The first kappa shape index (κ1) is 19.2. The molecule has 0 aliphatic rings. The number of hydrogen-bond donors (Lipinski definition) is 0. The van der Waals surface area contributed by atoms with Gasteiger partial charge in [0.05, 0.1) is 10.2 Å². The van der Waals surface area contributed by atoms with E-state index in [2.05, 4.69) is 36.9 Å². The van der Waals surface area contributed by atoms with E-state index in [4.69, 9.17) is 16.3 Å². The van der Waals surface area contributed by atoms with Gasteiger partial charge in [-0.3, -0.25) is 4.99 Å². The van der Waals surface area contributed by atoms with Gasteiger partial charge in [-0.25, -0.2) is 0 Å². The van der Waals surface area contributed by atoms with Crippen LogP contribution >= 0.6 is 43.5 Å².